The number of halogens is 6. The molecule has 0 unspecified atom stereocenters. The number of piperazine rings is 1. The van der Waals surface area contributed by atoms with E-state index >= 15 is 0 Å². The molecule has 0 saturated carbocycles. The van der Waals surface area contributed by atoms with Crippen molar-refractivity contribution < 1.29 is 34.8 Å². The van der Waals surface area contributed by atoms with Gasteiger partial charge < -0.3 is 9.80 Å². The van der Waals surface area contributed by atoms with Gasteiger partial charge in [-0.05, 0) is 86.5 Å². The van der Waals surface area contributed by atoms with Crippen molar-refractivity contribution in [2.45, 2.75) is 56.3 Å². The summed E-state index contributed by atoms with van der Waals surface area (Å²) >= 11 is 5.68. The highest BCUT2D eigenvalue weighted by Crippen LogP contribution is 2.36. The highest BCUT2D eigenvalue weighted by Gasteiger charge is 2.37. The third-order valence-electron chi connectivity index (χ3n) is 8.35. The number of thiocarbonyl (C=S) groups is 1. The Labute approximate surface area is 254 Å². The maximum absolute atomic E-state index is 13.6. The Morgan fingerprint density at radius 2 is 1.51 bits per heavy atom. The molecule has 238 valence electrons. The number of likely N-dealkylation sites (tertiary alicyclic amines) is 1. The molecule has 43 heavy (non-hydrogen) atoms. The molecule has 2 aromatic carbocycles. The van der Waals surface area contributed by atoms with Crippen LogP contribution in [-0.4, -0.2) is 74.8 Å². The van der Waals surface area contributed by atoms with E-state index in [9.17, 15) is 34.8 Å². The van der Waals surface area contributed by atoms with Gasteiger partial charge in [0, 0.05) is 45.0 Å². The van der Waals surface area contributed by atoms with Crippen molar-refractivity contribution in [3.63, 3.8) is 0 Å². The van der Waals surface area contributed by atoms with Gasteiger partial charge in [0.2, 0.25) is 0 Å². The molecule has 13 heteroatoms. The Kier molecular flexibility index (Phi) is 10.7. The summed E-state index contributed by atoms with van der Waals surface area (Å²) < 4.78 is 104. The molecule has 0 radical (unpaired) electrons. The normalized spacial score (nSPS) is 17.8. The molecule has 0 bridgehead atoms. The van der Waals surface area contributed by atoms with Crippen LogP contribution in [0.2, 0.25) is 0 Å². The highest BCUT2D eigenvalue weighted by atomic mass is 32.2. The summed E-state index contributed by atoms with van der Waals surface area (Å²) in [6, 6.07) is 8.87. The van der Waals surface area contributed by atoms with E-state index in [0.717, 1.165) is 106 Å². The number of anilines is 1. The van der Waals surface area contributed by atoms with Crippen molar-refractivity contribution in [2.75, 3.05) is 56.5 Å². The lowest BCUT2D eigenvalue weighted by Crippen LogP contribution is -2.46. The molecule has 2 saturated heterocycles. The minimum Gasteiger partial charge on any atom is -0.369 e. The zero-order chi connectivity index (χ0) is 31.4. The number of nitrogens with zero attached hydrogens (tertiary/aromatic N) is 3. The van der Waals surface area contributed by atoms with Crippen molar-refractivity contribution in [3.8, 4) is 0 Å². The van der Waals surface area contributed by atoms with E-state index in [4.69, 9.17) is 12.2 Å². The van der Waals surface area contributed by atoms with Gasteiger partial charge in [-0.1, -0.05) is 25.2 Å². The van der Waals surface area contributed by atoms with Crippen LogP contribution in [0.25, 0.3) is 0 Å². The number of hydrogen-bond donors (Lipinski definition) is 0. The molecular weight excluding hydrogens is 612 g/mol. The van der Waals surface area contributed by atoms with Gasteiger partial charge in [0.25, 0.3) is 0 Å². The van der Waals surface area contributed by atoms with Crippen LogP contribution in [0.1, 0.15) is 49.3 Å². The lowest BCUT2D eigenvalue weighted by Gasteiger charge is -2.37. The van der Waals surface area contributed by atoms with E-state index in [0.29, 0.717) is 12.0 Å². The van der Waals surface area contributed by atoms with Crippen LogP contribution in [0.15, 0.2) is 47.4 Å². The zero-order valence-corrected chi connectivity index (χ0v) is 25.7. The zero-order valence-electron chi connectivity index (χ0n) is 24.1. The third-order valence-corrected chi connectivity index (χ3v) is 10.6. The third kappa shape index (κ3) is 8.85. The molecule has 0 amide bonds. The van der Waals surface area contributed by atoms with Gasteiger partial charge in [0.15, 0.2) is 9.84 Å². The molecule has 0 spiro atoms. The molecule has 2 aliphatic rings. The first-order valence-corrected chi connectivity index (χ1v) is 16.6. The van der Waals surface area contributed by atoms with Crippen LogP contribution in [0.3, 0.4) is 0 Å². The summed E-state index contributed by atoms with van der Waals surface area (Å²) in [5, 5.41) is 0. The molecule has 0 aliphatic carbocycles. The summed E-state index contributed by atoms with van der Waals surface area (Å²) in [7, 11) is -3.99. The molecule has 0 aromatic heterocycles. The standard InChI is InChI=1S/C30H37F6N3O2S2/c1-2-43(40,41)27-10-5-23(21-26(27)30(34,35)36)20-22-11-14-39(15-12-22)28(42)4-3-13-37-16-18-38(19-17-37)25-8-6-24(7-9-25)29(31,32)33/h5-10,21-22H,2-4,11-20H2,1H3. The Hall–Kier alpha value is -2.38. The lowest BCUT2D eigenvalue weighted by atomic mass is 9.89. The number of sulfone groups is 1. The van der Waals surface area contributed by atoms with Gasteiger partial charge in [-0.15, -0.1) is 0 Å². The number of piperidine rings is 1. The highest BCUT2D eigenvalue weighted by molar-refractivity contribution is 7.91. The number of alkyl halides is 6. The molecule has 0 N–H and O–H groups in total. The van der Waals surface area contributed by atoms with Crippen LogP contribution in [0.5, 0.6) is 0 Å². The van der Waals surface area contributed by atoms with Crippen molar-refractivity contribution in [2.24, 2.45) is 5.92 Å². The molecule has 2 heterocycles. The topological polar surface area (TPSA) is 43.9 Å². The van der Waals surface area contributed by atoms with Crippen molar-refractivity contribution in [1.29, 1.82) is 0 Å². The van der Waals surface area contributed by atoms with E-state index in [2.05, 4.69) is 14.7 Å². The van der Waals surface area contributed by atoms with Gasteiger partial charge >= 0.3 is 12.4 Å². The van der Waals surface area contributed by atoms with Crippen LogP contribution in [0.4, 0.5) is 32.0 Å². The van der Waals surface area contributed by atoms with Gasteiger partial charge in [-0.3, -0.25) is 4.90 Å². The number of benzene rings is 2. The largest absolute Gasteiger partial charge is 0.417 e. The second-order valence-corrected chi connectivity index (χ2v) is 14.0. The summed E-state index contributed by atoms with van der Waals surface area (Å²) in [4.78, 5) is 6.83. The monoisotopic (exact) mass is 649 g/mol. The van der Waals surface area contributed by atoms with E-state index in [1.807, 2.05) is 0 Å². The van der Waals surface area contributed by atoms with Gasteiger partial charge in [-0.25, -0.2) is 8.42 Å². The Balaban J connectivity index is 1.18. The second kappa shape index (κ2) is 13.7. The van der Waals surface area contributed by atoms with Gasteiger partial charge in [-0.2, -0.15) is 26.3 Å². The summed E-state index contributed by atoms with van der Waals surface area (Å²) in [6.07, 6.45) is -5.39. The van der Waals surface area contributed by atoms with Crippen LogP contribution in [0, 0.1) is 5.92 Å². The first-order valence-electron chi connectivity index (χ1n) is 14.5. The fraction of sp³-hybridized carbons (Fsp3) is 0.567. The predicted molar refractivity (Wildman–Crippen MR) is 159 cm³/mol. The second-order valence-electron chi connectivity index (χ2n) is 11.2. The van der Waals surface area contributed by atoms with Gasteiger partial charge in [0.1, 0.15) is 0 Å². The minimum atomic E-state index is -4.75. The Bertz CT molecular complexity index is 1350. The molecule has 4 rings (SSSR count). The Morgan fingerprint density at radius 1 is 0.884 bits per heavy atom. The molecule has 5 nitrogen and oxygen atoms in total. The molecule has 2 aromatic rings. The SMILES string of the molecule is CCS(=O)(=O)c1ccc(CC2CCN(C(=S)CCCN3CCN(c4ccc(C(F)(F)F)cc4)CC3)CC2)cc1C(F)(F)F. The molecule has 2 fully saturated rings. The molecule has 0 atom stereocenters. The molecular formula is C30H37F6N3O2S2. The first kappa shape index (κ1) is 33.5. The predicted octanol–water partition coefficient (Wildman–Crippen LogP) is 6.70. The average molecular weight is 650 g/mol. The number of hydrogen-bond acceptors (Lipinski definition) is 5. The van der Waals surface area contributed by atoms with E-state index in [1.165, 1.54) is 25.1 Å². The lowest BCUT2D eigenvalue weighted by molar-refractivity contribution is -0.140. The maximum atomic E-state index is 13.6. The summed E-state index contributed by atoms with van der Waals surface area (Å²) in [6.45, 7) is 6.81. The fourth-order valence-corrected chi connectivity index (χ4v) is 7.20. The van der Waals surface area contributed by atoms with E-state index < -0.39 is 44.0 Å². The summed E-state index contributed by atoms with van der Waals surface area (Å²) in [5.41, 5.74) is -0.459. The Morgan fingerprint density at radius 3 is 2.07 bits per heavy atom. The van der Waals surface area contributed by atoms with Crippen molar-refractivity contribution >= 4 is 32.7 Å². The quantitative estimate of drug-likeness (QED) is 0.223. The van der Waals surface area contributed by atoms with Gasteiger partial charge in [0.05, 0.1) is 26.8 Å². The van der Waals surface area contributed by atoms with Crippen LogP contribution in [-0.2, 0) is 28.6 Å². The molecule has 2 aliphatic heterocycles. The smallest absolute Gasteiger partial charge is 0.369 e. The average Bonchev–Trinajstić information content (AvgIpc) is 2.97. The van der Waals surface area contributed by atoms with Crippen LogP contribution >= 0.6 is 12.2 Å². The van der Waals surface area contributed by atoms with E-state index in [-0.39, 0.29) is 5.92 Å². The summed E-state index contributed by atoms with van der Waals surface area (Å²) in [5.74, 6) is -0.203. The maximum Gasteiger partial charge on any atom is 0.417 e. The van der Waals surface area contributed by atoms with Crippen molar-refractivity contribution in [1.82, 2.24) is 9.80 Å². The number of rotatable bonds is 9. The van der Waals surface area contributed by atoms with Crippen LogP contribution < -0.4 is 4.90 Å². The fourth-order valence-electron chi connectivity index (χ4n) is 5.78. The van der Waals surface area contributed by atoms with Crippen molar-refractivity contribution in [3.05, 3.63) is 59.2 Å². The first-order chi connectivity index (χ1) is 20.2. The van der Waals surface area contributed by atoms with E-state index in [1.54, 1.807) is 0 Å². The minimum absolute atomic E-state index is 0.190.